The van der Waals surface area contributed by atoms with Crippen molar-refractivity contribution < 1.29 is 0 Å². The summed E-state index contributed by atoms with van der Waals surface area (Å²) >= 11 is 0. The van der Waals surface area contributed by atoms with Crippen LogP contribution in [-0.4, -0.2) is 19.6 Å². The lowest BCUT2D eigenvalue weighted by Gasteiger charge is -2.21. The lowest BCUT2D eigenvalue weighted by Crippen LogP contribution is -2.20. The molecular weight excluding hydrogens is 232 g/mol. The molecule has 0 unspecified atom stereocenters. The van der Waals surface area contributed by atoms with Crippen molar-refractivity contribution in [2.45, 2.75) is 52.6 Å². The van der Waals surface area contributed by atoms with Gasteiger partial charge >= 0.3 is 0 Å². The van der Waals surface area contributed by atoms with E-state index in [-0.39, 0.29) is 0 Å². The standard InChI is InChI=1S/C17H28N2/c1-13(2)9-10-19(4)17-8-5-15(14(3)11-17)12-18-16-6-7-16/h5,8,11,13,16,18H,6-7,9-10,12H2,1-4H3. The highest BCUT2D eigenvalue weighted by Gasteiger charge is 2.20. The van der Waals surface area contributed by atoms with Crippen LogP contribution in [0.25, 0.3) is 0 Å². The number of nitrogens with one attached hydrogen (secondary N) is 1. The summed E-state index contributed by atoms with van der Waals surface area (Å²) in [7, 11) is 2.19. The first kappa shape index (κ1) is 14.4. The number of anilines is 1. The molecule has 0 amide bonds. The molecule has 0 spiro atoms. The quantitative estimate of drug-likeness (QED) is 0.803. The van der Waals surface area contributed by atoms with Gasteiger partial charge in [-0.25, -0.2) is 0 Å². The molecule has 1 saturated carbocycles. The van der Waals surface area contributed by atoms with Crippen LogP contribution in [0.4, 0.5) is 5.69 Å². The van der Waals surface area contributed by atoms with Crippen LogP contribution in [0.1, 0.15) is 44.2 Å². The molecule has 1 aliphatic rings. The van der Waals surface area contributed by atoms with Crippen LogP contribution >= 0.6 is 0 Å². The van der Waals surface area contributed by atoms with E-state index in [2.05, 4.69) is 56.2 Å². The van der Waals surface area contributed by atoms with Gasteiger partial charge in [0.1, 0.15) is 0 Å². The van der Waals surface area contributed by atoms with E-state index in [1.807, 2.05) is 0 Å². The summed E-state index contributed by atoms with van der Waals surface area (Å²) in [6.45, 7) is 8.95. The fourth-order valence-corrected chi connectivity index (χ4v) is 2.24. The fourth-order valence-electron chi connectivity index (χ4n) is 2.24. The molecule has 1 fully saturated rings. The van der Waals surface area contributed by atoms with Crippen molar-refractivity contribution in [1.29, 1.82) is 0 Å². The first-order valence-corrected chi connectivity index (χ1v) is 7.60. The van der Waals surface area contributed by atoms with E-state index in [1.54, 1.807) is 0 Å². The molecule has 2 nitrogen and oxygen atoms in total. The van der Waals surface area contributed by atoms with Gasteiger partial charge in [-0.15, -0.1) is 0 Å². The second kappa shape index (κ2) is 6.42. The van der Waals surface area contributed by atoms with Gasteiger partial charge in [-0.1, -0.05) is 19.9 Å². The zero-order chi connectivity index (χ0) is 13.8. The van der Waals surface area contributed by atoms with Crippen molar-refractivity contribution in [3.05, 3.63) is 29.3 Å². The highest BCUT2D eigenvalue weighted by Crippen LogP contribution is 2.22. The van der Waals surface area contributed by atoms with Gasteiger partial charge in [-0.05, 0) is 55.4 Å². The predicted octanol–water partition coefficient (Wildman–Crippen LogP) is 3.73. The van der Waals surface area contributed by atoms with E-state index in [9.17, 15) is 0 Å². The van der Waals surface area contributed by atoms with Crippen molar-refractivity contribution >= 4 is 5.69 Å². The summed E-state index contributed by atoms with van der Waals surface area (Å²) < 4.78 is 0. The number of hydrogen-bond acceptors (Lipinski definition) is 2. The molecule has 2 rings (SSSR count). The average molecular weight is 260 g/mol. The van der Waals surface area contributed by atoms with E-state index < -0.39 is 0 Å². The largest absolute Gasteiger partial charge is 0.375 e. The van der Waals surface area contributed by atoms with Crippen LogP contribution in [0.3, 0.4) is 0 Å². The third-order valence-electron chi connectivity index (χ3n) is 3.97. The number of nitrogens with zero attached hydrogens (tertiary/aromatic N) is 1. The van der Waals surface area contributed by atoms with Gasteiger partial charge in [0.05, 0.1) is 0 Å². The maximum atomic E-state index is 3.59. The second-order valence-electron chi connectivity index (χ2n) is 6.37. The Kier molecular flexibility index (Phi) is 4.87. The molecule has 2 heteroatoms. The molecule has 0 bridgehead atoms. The molecule has 19 heavy (non-hydrogen) atoms. The minimum absolute atomic E-state index is 0.769. The van der Waals surface area contributed by atoms with Gasteiger partial charge in [0, 0.05) is 31.9 Å². The molecule has 0 atom stereocenters. The fraction of sp³-hybridized carbons (Fsp3) is 0.647. The molecule has 0 heterocycles. The Labute approximate surface area is 118 Å². The summed E-state index contributed by atoms with van der Waals surface area (Å²) in [6.07, 6.45) is 3.96. The first-order valence-electron chi connectivity index (χ1n) is 7.60. The first-order chi connectivity index (χ1) is 9.06. The Morgan fingerprint density at radius 1 is 1.32 bits per heavy atom. The average Bonchev–Trinajstić information content (AvgIpc) is 3.18. The molecule has 0 saturated heterocycles. The van der Waals surface area contributed by atoms with Gasteiger partial charge < -0.3 is 10.2 Å². The van der Waals surface area contributed by atoms with E-state index in [4.69, 9.17) is 0 Å². The van der Waals surface area contributed by atoms with Crippen LogP contribution in [-0.2, 0) is 6.54 Å². The maximum absolute atomic E-state index is 3.59. The van der Waals surface area contributed by atoms with Crippen molar-refractivity contribution in [3.63, 3.8) is 0 Å². The number of aryl methyl sites for hydroxylation is 1. The van der Waals surface area contributed by atoms with Gasteiger partial charge in [0.25, 0.3) is 0 Å². The summed E-state index contributed by atoms with van der Waals surface area (Å²) in [5.41, 5.74) is 4.18. The molecule has 0 radical (unpaired) electrons. The summed E-state index contributed by atoms with van der Waals surface area (Å²) in [5, 5.41) is 3.59. The Hall–Kier alpha value is -1.02. The molecule has 1 aromatic rings. The normalized spacial score (nSPS) is 15.0. The second-order valence-corrected chi connectivity index (χ2v) is 6.37. The minimum Gasteiger partial charge on any atom is -0.375 e. The van der Waals surface area contributed by atoms with Crippen molar-refractivity contribution in [2.75, 3.05) is 18.5 Å². The van der Waals surface area contributed by atoms with E-state index >= 15 is 0 Å². The van der Waals surface area contributed by atoms with Crippen LogP contribution in [0.15, 0.2) is 18.2 Å². The highest BCUT2D eigenvalue weighted by molar-refractivity contribution is 5.50. The Morgan fingerprint density at radius 3 is 2.63 bits per heavy atom. The molecule has 0 aromatic heterocycles. The predicted molar refractivity (Wildman–Crippen MR) is 83.8 cm³/mol. The van der Waals surface area contributed by atoms with E-state index in [0.717, 1.165) is 25.0 Å². The number of rotatable bonds is 7. The van der Waals surface area contributed by atoms with Crippen LogP contribution in [0.2, 0.25) is 0 Å². The molecule has 1 aliphatic carbocycles. The Morgan fingerprint density at radius 2 is 2.05 bits per heavy atom. The zero-order valence-electron chi connectivity index (χ0n) is 12.9. The summed E-state index contributed by atoms with van der Waals surface area (Å²) in [4.78, 5) is 2.37. The smallest absolute Gasteiger partial charge is 0.0366 e. The molecular formula is C17H28N2. The Bertz CT molecular complexity index is 408. The van der Waals surface area contributed by atoms with Crippen LogP contribution in [0, 0.1) is 12.8 Å². The number of hydrogen-bond donors (Lipinski definition) is 1. The van der Waals surface area contributed by atoms with Crippen molar-refractivity contribution in [3.8, 4) is 0 Å². The molecule has 0 aliphatic heterocycles. The zero-order valence-corrected chi connectivity index (χ0v) is 12.9. The van der Waals surface area contributed by atoms with E-state index in [1.165, 1.54) is 36.1 Å². The summed E-state index contributed by atoms with van der Waals surface area (Å²) in [5.74, 6) is 0.769. The Balaban J connectivity index is 1.92. The van der Waals surface area contributed by atoms with Crippen LogP contribution < -0.4 is 10.2 Å². The van der Waals surface area contributed by atoms with Crippen molar-refractivity contribution in [2.24, 2.45) is 5.92 Å². The summed E-state index contributed by atoms with van der Waals surface area (Å²) in [6, 6.07) is 7.65. The SMILES string of the molecule is Cc1cc(N(C)CCC(C)C)ccc1CNC1CC1. The third kappa shape index (κ3) is 4.54. The maximum Gasteiger partial charge on any atom is 0.0366 e. The lowest BCUT2D eigenvalue weighted by molar-refractivity contribution is 0.585. The van der Waals surface area contributed by atoms with Gasteiger partial charge in [0.15, 0.2) is 0 Å². The lowest BCUT2D eigenvalue weighted by atomic mass is 10.1. The minimum atomic E-state index is 0.769. The topological polar surface area (TPSA) is 15.3 Å². The molecule has 1 N–H and O–H groups in total. The third-order valence-corrected chi connectivity index (χ3v) is 3.97. The van der Waals surface area contributed by atoms with Gasteiger partial charge in [-0.3, -0.25) is 0 Å². The highest BCUT2D eigenvalue weighted by atomic mass is 15.1. The number of benzene rings is 1. The molecule has 106 valence electrons. The molecule has 1 aromatic carbocycles. The van der Waals surface area contributed by atoms with Crippen LogP contribution in [0.5, 0.6) is 0 Å². The van der Waals surface area contributed by atoms with Gasteiger partial charge in [0.2, 0.25) is 0 Å². The van der Waals surface area contributed by atoms with Crippen molar-refractivity contribution in [1.82, 2.24) is 5.32 Å². The van der Waals surface area contributed by atoms with Gasteiger partial charge in [-0.2, -0.15) is 0 Å². The van der Waals surface area contributed by atoms with E-state index in [0.29, 0.717) is 0 Å². The monoisotopic (exact) mass is 260 g/mol.